The average molecular weight is 854 g/mol. The fourth-order valence-corrected chi connectivity index (χ4v) is 13.5. The van der Waals surface area contributed by atoms with Gasteiger partial charge in [-0.2, -0.15) is 0 Å². The highest BCUT2D eigenvalue weighted by atomic mass is 33.1. The molecule has 5 rings (SSSR count). The summed E-state index contributed by atoms with van der Waals surface area (Å²) in [7, 11) is 3.10. The molecule has 4 aliphatic rings. The van der Waals surface area contributed by atoms with Gasteiger partial charge in [0.05, 0.1) is 19.1 Å². The minimum absolute atomic E-state index is 0.0327. The lowest BCUT2D eigenvalue weighted by Crippen LogP contribution is -2.65. The molecule has 0 unspecified atom stereocenters. The maximum atomic E-state index is 14.2. The van der Waals surface area contributed by atoms with Crippen molar-refractivity contribution >= 4 is 45.4 Å². The third-order valence-electron chi connectivity index (χ3n) is 14.3. The van der Waals surface area contributed by atoms with Crippen molar-refractivity contribution in [2.45, 2.75) is 138 Å². The number of hydrogen-bond donors (Lipinski definition) is 2. The number of ether oxygens (including phenoxy) is 3. The number of fused-ring (bicyclic) bond motifs is 5. The fourth-order valence-electron chi connectivity index (χ4n) is 11.6. The van der Waals surface area contributed by atoms with E-state index < -0.39 is 12.2 Å². The van der Waals surface area contributed by atoms with E-state index in [-0.39, 0.29) is 83.0 Å². The molecule has 1 aromatic carbocycles. The van der Waals surface area contributed by atoms with Crippen molar-refractivity contribution in [2.75, 3.05) is 18.1 Å². The van der Waals surface area contributed by atoms with Crippen LogP contribution in [0.2, 0.25) is 0 Å². The smallest absolute Gasteiger partial charge is 0.334 e. The molecule has 0 aliphatic heterocycles. The second-order valence-electron chi connectivity index (χ2n) is 18.1. The Labute approximate surface area is 359 Å². The second kappa shape index (κ2) is 20.7. The summed E-state index contributed by atoms with van der Waals surface area (Å²) in [5.74, 6) is 0.203. The van der Waals surface area contributed by atoms with Crippen LogP contribution in [-0.4, -0.2) is 65.3 Å². The Hall–Kier alpha value is -3.06. The first-order valence-electron chi connectivity index (χ1n) is 21.4. The van der Waals surface area contributed by atoms with Crippen molar-refractivity contribution < 1.29 is 43.3 Å². The van der Waals surface area contributed by atoms with E-state index in [1.54, 1.807) is 27.7 Å². The number of carbonyl (C=O) groups excluding carboxylic acids is 4. The van der Waals surface area contributed by atoms with Crippen molar-refractivity contribution in [2.24, 2.45) is 39.9 Å². The van der Waals surface area contributed by atoms with E-state index in [9.17, 15) is 24.3 Å². The molecule has 10 nitrogen and oxygen atoms in total. The van der Waals surface area contributed by atoms with Crippen molar-refractivity contribution in [3.63, 3.8) is 0 Å². The van der Waals surface area contributed by atoms with Crippen LogP contribution in [0.3, 0.4) is 0 Å². The quantitative estimate of drug-likeness (QED) is 0.0278. The van der Waals surface area contributed by atoms with Crippen molar-refractivity contribution in [1.29, 1.82) is 0 Å². The lowest BCUT2D eigenvalue weighted by atomic mass is 9.36. The second-order valence-corrected chi connectivity index (χ2v) is 20.8. The summed E-state index contributed by atoms with van der Waals surface area (Å²) in [5, 5.41) is 12.5. The predicted octanol–water partition coefficient (Wildman–Crippen LogP) is 9.27. The zero-order valence-corrected chi connectivity index (χ0v) is 37.9. The molecule has 0 radical (unpaired) electrons. The molecule has 0 heterocycles. The van der Waals surface area contributed by atoms with Gasteiger partial charge in [0.15, 0.2) is 0 Å². The largest absolute Gasteiger partial charge is 0.462 e. The summed E-state index contributed by atoms with van der Waals surface area (Å²) in [6.07, 6.45) is 8.39. The standard InChI is InChI=1S/C47H67NO9S2/c1-9-24-55-48-40(51)20-25-58-59-26-21-41(52)57-38-19-22-45(6)35(31(38)4)18-23-46(7)43(45)37(50)27-36-42(39(56-32(5)49)28-47(36,46)8)34(17-13-14-30(2)3)44(53)54-29-33-15-11-10-12-16-33/h9-12,14-16,31,35-39,43,50H,1,13,17-29H2,2-8H3,(H,48,51)/b42-34+/t31-,35-,36-,37+,38+,39-,43-,45-,46-,47-/m0/s1. The van der Waals surface area contributed by atoms with Gasteiger partial charge >= 0.3 is 17.9 Å². The van der Waals surface area contributed by atoms with Crippen molar-refractivity contribution in [1.82, 2.24) is 5.48 Å². The SMILES string of the molecule is C=CCONC(=O)CCSSCCC(=O)O[C@@H]1CC[C@@]2(C)[C@@H](CC[C@@]3(C)[C@H]2[C@H](O)C[C@H]2/C(=C(/CCC=C(C)C)C(=O)OCc4ccccc4)[C@@H](OC(C)=O)C[C@@]23C)[C@@H]1C. The first-order valence-corrected chi connectivity index (χ1v) is 23.9. The van der Waals surface area contributed by atoms with E-state index in [4.69, 9.17) is 19.0 Å². The monoisotopic (exact) mass is 853 g/mol. The Kier molecular flexibility index (Phi) is 16.5. The molecule has 4 aliphatic carbocycles. The minimum atomic E-state index is -0.636. The normalized spacial score (nSPS) is 33.0. The third-order valence-corrected chi connectivity index (χ3v) is 16.7. The van der Waals surface area contributed by atoms with Crippen molar-refractivity contribution in [3.8, 4) is 0 Å². The minimum Gasteiger partial charge on any atom is -0.462 e. The highest BCUT2D eigenvalue weighted by molar-refractivity contribution is 8.76. The van der Waals surface area contributed by atoms with E-state index >= 15 is 0 Å². The number of hydroxylamine groups is 1. The molecule has 59 heavy (non-hydrogen) atoms. The summed E-state index contributed by atoms with van der Waals surface area (Å²) in [4.78, 5) is 56.8. The molecule has 4 fully saturated rings. The van der Waals surface area contributed by atoms with E-state index in [2.05, 4.69) is 45.8 Å². The maximum absolute atomic E-state index is 14.2. The number of benzene rings is 1. The van der Waals surface area contributed by atoms with E-state index in [1.807, 2.05) is 44.2 Å². The molecule has 0 spiro atoms. The molecule has 0 aromatic heterocycles. The number of amides is 1. The third kappa shape index (κ3) is 10.7. The number of hydrogen-bond acceptors (Lipinski definition) is 11. The molecular formula is C47H67NO9S2. The van der Waals surface area contributed by atoms with Crippen LogP contribution < -0.4 is 5.48 Å². The van der Waals surface area contributed by atoms with Gasteiger partial charge in [0.1, 0.15) is 18.8 Å². The highest BCUT2D eigenvalue weighted by Gasteiger charge is 2.71. The number of allylic oxidation sites excluding steroid dienone is 2. The Morgan fingerprint density at radius 1 is 0.949 bits per heavy atom. The fraction of sp³-hybridized carbons (Fsp3) is 0.660. The summed E-state index contributed by atoms with van der Waals surface area (Å²) < 4.78 is 18.3. The van der Waals surface area contributed by atoms with Crippen LogP contribution in [0.15, 0.2) is 65.8 Å². The number of rotatable bonds is 18. The molecular weight excluding hydrogens is 787 g/mol. The Morgan fingerprint density at radius 3 is 2.34 bits per heavy atom. The van der Waals surface area contributed by atoms with Gasteiger partial charge in [0, 0.05) is 30.4 Å². The van der Waals surface area contributed by atoms with Crippen LogP contribution in [0, 0.1) is 39.9 Å². The molecule has 326 valence electrons. The Balaban J connectivity index is 1.31. The number of aliphatic hydroxyl groups is 1. The van der Waals surface area contributed by atoms with Crippen LogP contribution in [-0.2, 0) is 44.8 Å². The van der Waals surface area contributed by atoms with Gasteiger partial charge in [-0.1, -0.05) is 97.3 Å². The van der Waals surface area contributed by atoms with Crippen molar-refractivity contribution in [3.05, 3.63) is 71.3 Å². The molecule has 0 saturated heterocycles. The molecule has 1 aromatic rings. The zero-order chi connectivity index (χ0) is 43.0. The first-order chi connectivity index (χ1) is 28.1. The van der Waals surface area contributed by atoms with Gasteiger partial charge in [-0.25, -0.2) is 10.3 Å². The first kappa shape index (κ1) is 47.0. The Bertz CT molecular complexity index is 1730. The summed E-state index contributed by atoms with van der Waals surface area (Å²) in [5.41, 5.74) is 4.93. The zero-order valence-electron chi connectivity index (χ0n) is 36.2. The molecule has 1 amide bonds. The van der Waals surface area contributed by atoms with Gasteiger partial charge < -0.3 is 19.3 Å². The molecule has 0 bridgehead atoms. The lowest BCUT2D eigenvalue weighted by molar-refractivity contribution is -0.236. The summed E-state index contributed by atoms with van der Waals surface area (Å²) in [6, 6.07) is 9.64. The maximum Gasteiger partial charge on any atom is 0.334 e. The average Bonchev–Trinajstić information content (AvgIpc) is 3.45. The Morgan fingerprint density at radius 2 is 1.66 bits per heavy atom. The van der Waals surface area contributed by atoms with Crippen LogP contribution in [0.4, 0.5) is 0 Å². The van der Waals surface area contributed by atoms with E-state index in [0.717, 1.165) is 42.4 Å². The summed E-state index contributed by atoms with van der Waals surface area (Å²) in [6.45, 7) is 18.7. The predicted molar refractivity (Wildman–Crippen MR) is 233 cm³/mol. The molecule has 12 heteroatoms. The lowest BCUT2D eigenvalue weighted by Gasteiger charge is -2.69. The number of nitrogens with one attached hydrogen (secondary N) is 1. The van der Waals surface area contributed by atoms with E-state index in [0.29, 0.717) is 55.6 Å². The van der Waals surface area contributed by atoms with Crippen LogP contribution >= 0.6 is 21.6 Å². The van der Waals surface area contributed by atoms with Gasteiger partial charge in [0.2, 0.25) is 5.91 Å². The molecule has 4 saturated carbocycles. The van der Waals surface area contributed by atoms with Crippen LogP contribution in [0.1, 0.15) is 118 Å². The molecule has 10 atom stereocenters. The van der Waals surface area contributed by atoms with Gasteiger partial charge in [-0.3, -0.25) is 19.2 Å². The van der Waals surface area contributed by atoms with Gasteiger partial charge in [-0.05, 0) is 116 Å². The van der Waals surface area contributed by atoms with Gasteiger partial charge in [0.25, 0.3) is 0 Å². The molecule has 2 N–H and O–H groups in total. The van der Waals surface area contributed by atoms with Gasteiger partial charge in [-0.15, -0.1) is 6.58 Å². The van der Waals surface area contributed by atoms with Crippen LogP contribution in [0.5, 0.6) is 0 Å². The number of esters is 3. The number of carbonyl (C=O) groups is 4. The topological polar surface area (TPSA) is 137 Å². The van der Waals surface area contributed by atoms with E-state index in [1.165, 1.54) is 6.92 Å². The highest BCUT2D eigenvalue weighted by Crippen LogP contribution is 2.74. The van der Waals surface area contributed by atoms with Crippen LogP contribution in [0.25, 0.3) is 0 Å². The number of aliphatic hydroxyl groups excluding tert-OH is 1. The summed E-state index contributed by atoms with van der Waals surface area (Å²) >= 11 is 0.